The van der Waals surface area contributed by atoms with Crippen molar-refractivity contribution in [3.05, 3.63) is 53.6 Å². The number of pyridine rings is 1. The molecule has 146 valence electrons. The molecule has 1 aliphatic heterocycles. The van der Waals surface area contributed by atoms with Gasteiger partial charge in [-0.2, -0.15) is 0 Å². The molecule has 1 aliphatic carbocycles. The quantitative estimate of drug-likeness (QED) is 0.886. The Balaban J connectivity index is 1.46. The summed E-state index contributed by atoms with van der Waals surface area (Å²) >= 11 is 0. The lowest BCUT2D eigenvalue weighted by atomic mass is 9.96. The van der Waals surface area contributed by atoms with Crippen LogP contribution in [0.4, 0.5) is 5.69 Å². The molecule has 1 saturated carbocycles. The van der Waals surface area contributed by atoms with Crippen molar-refractivity contribution in [2.75, 3.05) is 11.9 Å². The molecule has 0 atom stereocenters. The normalized spacial score (nSPS) is 17.7. The van der Waals surface area contributed by atoms with E-state index >= 15 is 0 Å². The zero-order valence-electron chi connectivity index (χ0n) is 15.9. The fourth-order valence-electron chi connectivity index (χ4n) is 3.81. The first-order valence-electron chi connectivity index (χ1n) is 9.99. The van der Waals surface area contributed by atoms with Crippen LogP contribution < -0.4 is 15.5 Å². The molecule has 1 aromatic carbocycles. The summed E-state index contributed by atoms with van der Waals surface area (Å²) in [6.07, 6.45) is 8.77. The van der Waals surface area contributed by atoms with Crippen molar-refractivity contribution in [1.29, 1.82) is 0 Å². The number of benzene rings is 1. The molecule has 1 aromatic heterocycles. The number of nitrogens with zero attached hydrogens (tertiary/aromatic N) is 2. The summed E-state index contributed by atoms with van der Waals surface area (Å²) in [5, 5.41) is 2.85. The summed E-state index contributed by atoms with van der Waals surface area (Å²) in [7, 11) is 0. The van der Waals surface area contributed by atoms with Crippen LogP contribution in [0.2, 0.25) is 0 Å². The predicted octanol–water partition coefficient (Wildman–Crippen LogP) is 3.33. The number of nitrogens with one attached hydrogen (secondary N) is 1. The van der Waals surface area contributed by atoms with Crippen LogP contribution in [0.25, 0.3) is 0 Å². The molecule has 2 aliphatic rings. The highest BCUT2D eigenvalue weighted by molar-refractivity contribution is 5.94. The second-order valence-electron chi connectivity index (χ2n) is 7.40. The molecule has 0 unspecified atom stereocenters. The number of ether oxygens (including phenoxy) is 1. The summed E-state index contributed by atoms with van der Waals surface area (Å²) < 4.78 is 7.31. The van der Waals surface area contributed by atoms with Gasteiger partial charge in [-0.05, 0) is 55.2 Å². The van der Waals surface area contributed by atoms with Gasteiger partial charge in [-0.3, -0.25) is 19.1 Å². The van der Waals surface area contributed by atoms with Gasteiger partial charge >= 0.3 is 0 Å². The van der Waals surface area contributed by atoms with Crippen LogP contribution in [0.1, 0.15) is 48.9 Å². The lowest BCUT2D eigenvalue weighted by Crippen LogP contribution is -2.32. The standard InChI is InChI=1S/C22H25N3O3/c26-21-12-9-16-14-18(10-11-19(16)24-21)28-15-22(27)25-13-5-4-8-20(25)23-17-6-2-1-3-7-17/h4-5,8,10-11,13-14,17H,1-3,6-7,9,12,15H2,(H,24,26). The third-order valence-corrected chi connectivity index (χ3v) is 5.33. The van der Waals surface area contributed by atoms with E-state index in [-0.39, 0.29) is 18.4 Å². The van der Waals surface area contributed by atoms with E-state index < -0.39 is 0 Å². The fourth-order valence-corrected chi connectivity index (χ4v) is 3.81. The van der Waals surface area contributed by atoms with Crippen LogP contribution in [-0.2, 0) is 11.2 Å². The molecule has 2 heterocycles. The number of aryl methyl sites for hydroxylation is 1. The van der Waals surface area contributed by atoms with Gasteiger partial charge in [0, 0.05) is 18.3 Å². The van der Waals surface area contributed by atoms with E-state index in [0.29, 0.717) is 30.1 Å². The smallest absolute Gasteiger partial charge is 0.270 e. The molecule has 0 bridgehead atoms. The van der Waals surface area contributed by atoms with Gasteiger partial charge in [0.25, 0.3) is 5.91 Å². The molecule has 28 heavy (non-hydrogen) atoms. The minimum Gasteiger partial charge on any atom is -0.484 e. The summed E-state index contributed by atoms with van der Waals surface area (Å²) in [4.78, 5) is 29.0. The Bertz CT molecular complexity index is 942. The Morgan fingerprint density at radius 2 is 2.00 bits per heavy atom. The molecule has 4 rings (SSSR count). The van der Waals surface area contributed by atoms with Crippen LogP contribution in [0.3, 0.4) is 0 Å². The maximum atomic E-state index is 12.7. The van der Waals surface area contributed by atoms with Crippen molar-refractivity contribution < 1.29 is 14.3 Å². The van der Waals surface area contributed by atoms with Gasteiger partial charge in [0.15, 0.2) is 6.61 Å². The van der Waals surface area contributed by atoms with Gasteiger partial charge in [-0.15, -0.1) is 0 Å². The molecule has 6 heteroatoms. The average molecular weight is 379 g/mol. The van der Waals surface area contributed by atoms with Crippen LogP contribution in [-0.4, -0.2) is 29.0 Å². The van der Waals surface area contributed by atoms with Crippen molar-refractivity contribution in [3.63, 3.8) is 0 Å². The molecular weight excluding hydrogens is 354 g/mol. The van der Waals surface area contributed by atoms with Crippen molar-refractivity contribution in [3.8, 4) is 5.75 Å². The third kappa shape index (κ3) is 4.32. The highest BCUT2D eigenvalue weighted by atomic mass is 16.5. The zero-order valence-corrected chi connectivity index (χ0v) is 15.9. The van der Waals surface area contributed by atoms with Crippen molar-refractivity contribution >= 4 is 17.5 Å². The SMILES string of the molecule is O=C1CCc2cc(OCC(=O)n3ccccc3=NC3CCCCC3)ccc2N1. The topological polar surface area (TPSA) is 72.7 Å². The van der Waals surface area contributed by atoms with Gasteiger partial charge in [0.1, 0.15) is 11.2 Å². The molecule has 0 spiro atoms. The van der Waals surface area contributed by atoms with E-state index in [4.69, 9.17) is 9.73 Å². The van der Waals surface area contributed by atoms with Crippen molar-refractivity contribution in [1.82, 2.24) is 4.57 Å². The number of carbonyl (C=O) groups is 2. The van der Waals surface area contributed by atoms with Gasteiger partial charge in [-0.25, -0.2) is 0 Å². The van der Waals surface area contributed by atoms with Gasteiger partial charge in [0.05, 0.1) is 6.04 Å². The summed E-state index contributed by atoms with van der Waals surface area (Å²) in [5.41, 5.74) is 2.54. The number of fused-ring (bicyclic) bond motifs is 1. The minimum absolute atomic E-state index is 0.0334. The Kier molecular flexibility index (Phi) is 5.55. The van der Waals surface area contributed by atoms with E-state index in [1.54, 1.807) is 16.8 Å². The molecular formula is C22H25N3O3. The second-order valence-corrected chi connectivity index (χ2v) is 7.40. The maximum Gasteiger partial charge on any atom is 0.270 e. The molecule has 6 nitrogen and oxygen atoms in total. The number of carbonyl (C=O) groups excluding carboxylic acids is 2. The fraction of sp³-hybridized carbons (Fsp3) is 0.409. The minimum atomic E-state index is -0.152. The van der Waals surface area contributed by atoms with Crippen LogP contribution in [0, 0.1) is 0 Å². The monoisotopic (exact) mass is 379 g/mol. The number of amides is 1. The van der Waals surface area contributed by atoms with Gasteiger partial charge in [0.2, 0.25) is 5.91 Å². The van der Waals surface area contributed by atoms with Crippen LogP contribution in [0.15, 0.2) is 47.6 Å². The maximum absolute atomic E-state index is 12.7. The first-order chi connectivity index (χ1) is 13.7. The van der Waals surface area contributed by atoms with E-state index in [1.165, 1.54) is 19.3 Å². The lowest BCUT2D eigenvalue weighted by molar-refractivity contribution is -0.116. The Hall–Kier alpha value is -2.89. The highest BCUT2D eigenvalue weighted by Crippen LogP contribution is 2.26. The summed E-state index contributed by atoms with van der Waals surface area (Å²) in [6.45, 7) is -0.0625. The second kappa shape index (κ2) is 8.42. The Morgan fingerprint density at radius 3 is 2.86 bits per heavy atom. The van der Waals surface area contributed by atoms with E-state index in [9.17, 15) is 9.59 Å². The van der Waals surface area contributed by atoms with Crippen LogP contribution in [0.5, 0.6) is 5.75 Å². The number of hydrogen-bond donors (Lipinski definition) is 1. The first kappa shape index (κ1) is 18.5. The lowest BCUT2D eigenvalue weighted by Gasteiger charge is -2.18. The largest absolute Gasteiger partial charge is 0.484 e. The molecule has 2 aromatic rings. The zero-order chi connectivity index (χ0) is 19.3. The number of aromatic nitrogens is 1. The number of anilines is 1. The molecule has 1 N–H and O–H groups in total. The molecule has 1 amide bonds. The molecule has 0 radical (unpaired) electrons. The van der Waals surface area contributed by atoms with Crippen molar-refractivity contribution in [2.24, 2.45) is 4.99 Å². The van der Waals surface area contributed by atoms with E-state index in [1.807, 2.05) is 30.3 Å². The van der Waals surface area contributed by atoms with Crippen molar-refractivity contribution in [2.45, 2.75) is 51.0 Å². The summed E-state index contributed by atoms with van der Waals surface area (Å²) in [5.74, 6) is 0.512. The average Bonchev–Trinajstić information content (AvgIpc) is 2.73. The number of rotatable bonds is 4. The van der Waals surface area contributed by atoms with Gasteiger partial charge in [-0.1, -0.05) is 25.3 Å². The summed E-state index contributed by atoms with van der Waals surface area (Å²) in [6, 6.07) is 11.4. The first-order valence-corrected chi connectivity index (χ1v) is 9.99. The predicted molar refractivity (Wildman–Crippen MR) is 106 cm³/mol. The Labute approximate surface area is 164 Å². The van der Waals surface area contributed by atoms with Gasteiger partial charge < -0.3 is 10.1 Å². The number of hydrogen-bond acceptors (Lipinski definition) is 4. The van der Waals surface area contributed by atoms with E-state index in [2.05, 4.69) is 5.32 Å². The van der Waals surface area contributed by atoms with Crippen LogP contribution >= 0.6 is 0 Å². The third-order valence-electron chi connectivity index (χ3n) is 5.33. The van der Waals surface area contributed by atoms with E-state index in [0.717, 1.165) is 24.1 Å². The Morgan fingerprint density at radius 1 is 1.14 bits per heavy atom. The highest BCUT2D eigenvalue weighted by Gasteiger charge is 2.16. The molecule has 1 fully saturated rings. The molecule has 0 saturated heterocycles.